The van der Waals surface area contributed by atoms with Crippen LogP contribution in [0.25, 0.3) is 0 Å². The van der Waals surface area contributed by atoms with Crippen molar-refractivity contribution in [1.82, 2.24) is 0 Å². The zero-order valence-corrected chi connectivity index (χ0v) is 22.0. The molecule has 2 aromatic rings. The predicted octanol–water partition coefficient (Wildman–Crippen LogP) is 7.97. The first-order chi connectivity index (χ1) is 16.8. The molecular weight excluding hydrogens is 438 g/mol. The maximum atomic E-state index is 12.5. The summed E-state index contributed by atoms with van der Waals surface area (Å²) < 4.78 is 11.2. The number of hydrogen-bond acceptors (Lipinski definition) is 4. The molecule has 0 unspecified atom stereocenters. The fraction of sp³-hybridized carbons (Fsp3) is 0.433. The van der Waals surface area contributed by atoms with E-state index < -0.39 is 6.09 Å². The Morgan fingerprint density at radius 3 is 2.46 bits per heavy atom. The average molecular weight is 480 g/mol. The minimum atomic E-state index is -0.504. The van der Waals surface area contributed by atoms with Crippen molar-refractivity contribution in [3.63, 3.8) is 0 Å². The molecule has 0 aromatic heterocycles. The minimum Gasteiger partial charge on any atom is -0.508 e. The number of carbonyl (C=O) groups excluding carboxylic acids is 1. The summed E-state index contributed by atoms with van der Waals surface area (Å²) in [4.78, 5) is 13.9. The molecule has 5 heteroatoms. The SMILES string of the molecule is CCCCCc1cc(O)c(C/C=C(\C)CCC=C(C)C)c(OCN(C(=O)OC)c2ccccc2)c1. The van der Waals surface area contributed by atoms with Crippen LogP contribution in [0.5, 0.6) is 11.5 Å². The highest BCUT2D eigenvalue weighted by Crippen LogP contribution is 2.32. The molecule has 0 atom stereocenters. The Kier molecular flexibility index (Phi) is 12.0. The van der Waals surface area contributed by atoms with Crippen molar-refractivity contribution < 1.29 is 19.4 Å². The van der Waals surface area contributed by atoms with Crippen molar-refractivity contribution in [3.05, 3.63) is 76.9 Å². The summed E-state index contributed by atoms with van der Waals surface area (Å²) in [6.45, 7) is 8.48. The van der Waals surface area contributed by atoms with Crippen molar-refractivity contribution in [2.24, 2.45) is 0 Å². The van der Waals surface area contributed by atoms with Gasteiger partial charge in [-0.3, -0.25) is 0 Å². The zero-order chi connectivity index (χ0) is 25.6. The summed E-state index contributed by atoms with van der Waals surface area (Å²) >= 11 is 0. The van der Waals surface area contributed by atoms with Gasteiger partial charge in [0.05, 0.1) is 12.8 Å². The van der Waals surface area contributed by atoms with Gasteiger partial charge in [0.25, 0.3) is 0 Å². The second kappa shape index (κ2) is 14.9. The van der Waals surface area contributed by atoms with Gasteiger partial charge in [0.1, 0.15) is 11.5 Å². The number of aromatic hydroxyl groups is 1. The second-order valence-electron chi connectivity index (χ2n) is 9.13. The summed E-state index contributed by atoms with van der Waals surface area (Å²) in [5.74, 6) is 0.821. The summed E-state index contributed by atoms with van der Waals surface area (Å²) in [5, 5.41) is 10.9. The number of nitrogens with zero attached hydrogens (tertiary/aromatic N) is 1. The molecule has 0 aliphatic heterocycles. The molecule has 2 rings (SSSR count). The van der Waals surface area contributed by atoms with Crippen molar-refractivity contribution in [1.29, 1.82) is 0 Å². The van der Waals surface area contributed by atoms with Crippen LogP contribution in [0, 0.1) is 0 Å². The van der Waals surface area contributed by atoms with Gasteiger partial charge in [0.15, 0.2) is 6.73 Å². The van der Waals surface area contributed by atoms with Crippen LogP contribution in [0.15, 0.2) is 65.8 Å². The topological polar surface area (TPSA) is 59.0 Å². The van der Waals surface area contributed by atoms with Gasteiger partial charge in [0.2, 0.25) is 0 Å². The number of carbonyl (C=O) groups is 1. The van der Waals surface area contributed by atoms with E-state index in [1.54, 1.807) is 0 Å². The number of para-hydroxylation sites is 1. The Morgan fingerprint density at radius 1 is 1.06 bits per heavy atom. The van der Waals surface area contributed by atoms with E-state index in [2.05, 4.69) is 39.8 Å². The lowest BCUT2D eigenvalue weighted by atomic mass is 10.00. The normalized spacial score (nSPS) is 11.2. The Labute approximate surface area is 211 Å². The first-order valence-electron chi connectivity index (χ1n) is 12.5. The van der Waals surface area contributed by atoms with Gasteiger partial charge in [-0.2, -0.15) is 0 Å². The highest BCUT2D eigenvalue weighted by atomic mass is 16.6. The number of amides is 1. The molecule has 0 aliphatic carbocycles. The van der Waals surface area contributed by atoms with E-state index in [9.17, 15) is 9.90 Å². The van der Waals surface area contributed by atoms with E-state index in [-0.39, 0.29) is 12.5 Å². The first-order valence-corrected chi connectivity index (χ1v) is 12.5. The molecule has 1 N–H and O–H groups in total. The first kappa shape index (κ1) is 28.0. The fourth-order valence-electron chi connectivity index (χ4n) is 3.80. The van der Waals surface area contributed by atoms with Crippen molar-refractivity contribution >= 4 is 11.8 Å². The number of aryl methyl sites for hydroxylation is 1. The molecule has 5 nitrogen and oxygen atoms in total. The molecule has 2 aromatic carbocycles. The highest BCUT2D eigenvalue weighted by molar-refractivity contribution is 5.87. The number of phenolic OH excluding ortho intramolecular Hbond substituents is 1. The number of allylic oxidation sites excluding steroid dienone is 4. The van der Waals surface area contributed by atoms with Crippen LogP contribution in [0.3, 0.4) is 0 Å². The van der Waals surface area contributed by atoms with Gasteiger partial charge in [-0.25, -0.2) is 9.69 Å². The van der Waals surface area contributed by atoms with E-state index in [4.69, 9.17) is 9.47 Å². The summed E-state index contributed by atoms with van der Waals surface area (Å²) in [7, 11) is 1.35. The smallest absolute Gasteiger partial charge is 0.416 e. The van der Waals surface area contributed by atoms with Gasteiger partial charge in [-0.05, 0) is 82.7 Å². The zero-order valence-electron chi connectivity index (χ0n) is 22.0. The maximum Gasteiger partial charge on any atom is 0.416 e. The van der Waals surface area contributed by atoms with Crippen molar-refractivity contribution in [3.8, 4) is 11.5 Å². The van der Waals surface area contributed by atoms with Crippen molar-refractivity contribution in [2.75, 3.05) is 18.7 Å². The minimum absolute atomic E-state index is 0.0230. The van der Waals surface area contributed by atoms with Crippen LogP contribution in [-0.2, 0) is 17.6 Å². The maximum absolute atomic E-state index is 12.5. The Balaban J connectivity index is 2.28. The number of hydrogen-bond donors (Lipinski definition) is 1. The van der Waals surface area contributed by atoms with Gasteiger partial charge in [-0.15, -0.1) is 0 Å². The van der Waals surface area contributed by atoms with Crippen LogP contribution in [0.2, 0.25) is 0 Å². The predicted molar refractivity (Wildman–Crippen MR) is 144 cm³/mol. The fourth-order valence-corrected chi connectivity index (χ4v) is 3.80. The van der Waals surface area contributed by atoms with E-state index in [0.717, 1.165) is 49.7 Å². The number of anilines is 1. The van der Waals surface area contributed by atoms with Gasteiger partial charge >= 0.3 is 6.09 Å². The number of rotatable bonds is 13. The summed E-state index contributed by atoms with van der Waals surface area (Å²) in [5.41, 5.74) is 5.02. The Bertz CT molecular complexity index is 991. The molecule has 0 aliphatic rings. The number of methoxy groups -OCH3 is 1. The van der Waals surface area contributed by atoms with Crippen molar-refractivity contribution in [2.45, 2.75) is 72.6 Å². The van der Waals surface area contributed by atoms with E-state index >= 15 is 0 Å². The molecule has 0 saturated heterocycles. The molecule has 190 valence electrons. The lowest BCUT2D eigenvalue weighted by Crippen LogP contribution is -2.34. The molecule has 0 heterocycles. The summed E-state index contributed by atoms with van der Waals surface area (Å²) in [6, 6.07) is 13.1. The Hall–Kier alpha value is -3.21. The third kappa shape index (κ3) is 9.51. The van der Waals surface area contributed by atoms with E-state index in [0.29, 0.717) is 17.9 Å². The second-order valence-corrected chi connectivity index (χ2v) is 9.13. The number of benzene rings is 2. The molecule has 1 amide bonds. The summed E-state index contributed by atoms with van der Waals surface area (Å²) in [6.07, 6.45) is 10.6. The van der Waals surface area contributed by atoms with Gasteiger partial charge < -0.3 is 14.6 Å². The largest absolute Gasteiger partial charge is 0.508 e. The van der Waals surface area contributed by atoms with Crippen LogP contribution in [-0.4, -0.2) is 25.0 Å². The molecule has 0 fully saturated rings. The highest BCUT2D eigenvalue weighted by Gasteiger charge is 2.19. The van der Waals surface area contributed by atoms with Gasteiger partial charge in [-0.1, -0.05) is 61.3 Å². The molecule has 0 spiro atoms. The number of ether oxygens (including phenoxy) is 2. The molecular formula is C30H41NO4. The molecule has 0 saturated carbocycles. The van der Waals surface area contributed by atoms with E-state index in [1.807, 2.05) is 42.5 Å². The standard InChI is InChI=1S/C30H41NO4/c1-6-7-9-15-25-20-28(32)27(19-18-24(4)14-12-13-23(2)3)29(21-25)35-22-31(30(33)34-5)26-16-10-8-11-17-26/h8,10-11,13,16-18,20-21,32H,6-7,9,12,14-15,19,22H2,1-5H3/b24-18+. The van der Waals surface area contributed by atoms with E-state index in [1.165, 1.54) is 23.2 Å². The monoisotopic (exact) mass is 479 g/mol. The molecule has 0 radical (unpaired) electrons. The van der Waals surface area contributed by atoms with Crippen LogP contribution < -0.4 is 9.64 Å². The number of unbranched alkanes of at least 4 members (excludes halogenated alkanes) is 2. The van der Waals surface area contributed by atoms with Crippen LogP contribution >= 0.6 is 0 Å². The Morgan fingerprint density at radius 2 is 1.80 bits per heavy atom. The number of phenols is 1. The average Bonchev–Trinajstić information content (AvgIpc) is 2.84. The quantitative estimate of drug-likeness (QED) is 0.180. The van der Waals surface area contributed by atoms with Gasteiger partial charge in [0, 0.05) is 5.56 Å². The molecule has 35 heavy (non-hydrogen) atoms. The van der Waals surface area contributed by atoms with Crippen LogP contribution in [0.1, 0.15) is 70.9 Å². The third-order valence-corrected chi connectivity index (χ3v) is 5.87. The molecule has 0 bridgehead atoms. The lowest BCUT2D eigenvalue weighted by Gasteiger charge is -2.23. The van der Waals surface area contributed by atoms with Crippen LogP contribution in [0.4, 0.5) is 10.5 Å². The third-order valence-electron chi connectivity index (χ3n) is 5.87. The lowest BCUT2D eigenvalue weighted by molar-refractivity contribution is 0.170.